The van der Waals surface area contributed by atoms with E-state index in [0.29, 0.717) is 18.5 Å². The number of anilines is 1. The summed E-state index contributed by atoms with van der Waals surface area (Å²) in [7, 11) is 0. The van der Waals surface area contributed by atoms with Gasteiger partial charge in [-0.15, -0.1) is 35.3 Å². The number of rotatable bonds is 6. The predicted molar refractivity (Wildman–Crippen MR) is 115 cm³/mol. The number of thiophene rings is 1. The molecule has 0 spiro atoms. The van der Waals surface area contributed by atoms with Gasteiger partial charge in [-0.25, -0.2) is 0 Å². The molecule has 1 aliphatic rings. The fourth-order valence-corrected chi connectivity index (χ4v) is 3.68. The van der Waals surface area contributed by atoms with E-state index >= 15 is 0 Å². The zero-order valence-electron chi connectivity index (χ0n) is 13.9. The predicted octanol–water partition coefficient (Wildman–Crippen LogP) is 3.26. The monoisotopic (exact) mass is 456 g/mol. The number of guanidine groups is 1. The molecule has 0 saturated heterocycles. The van der Waals surface area contributed by atoms with E-state index in [1.54, 1.807) is 11.3 Å². The molecule has 0 saturated carbocycles. The SMILES string of the molecule is CC(CN=C(N)NCCc1cccs1)N1CCc2ccccc21.I. The number of nitrogens with zero attached hydrogens (tertiary/aromatic N) is 2. The molecule has 0 bridgehead atoms. The van der Waals surface area contributed by atoms with Crippen LogP contribution in [-0.4, -0.2) is 31.6 Å². The maximum absolute atomic E-state index is 5.98. The highest BCUT2D eigenvalue weighted by Gasteiger charge is 2.22. The van der Waals surface area contributed by atoms with Crippen LogP contribution in [0.2, 0.25) is 0 Å². The van der Waals surface area contributed by atoms with Gasteiger partial charge in [-0.3, -0.25) is 4.99 Å². The van der Waals surface area contributed by atoms with Crippen LogP contribution in [0.5, 0.6) is 0 Å². The van der Waals surface area contributed by atoms with Gasteiger partial charge in [-0.2, -0.15) is 0 Å². The molecule has 1 aliphatic heterocycles. The zero-order chi connectivity index (χ0) is 16.1. The largest absolute Gasteiger partial charge is 0.370 e. The highest BCUT2D eigenvalue weighted by molar-refractivity contribution is 14.0. The van der Waals surface area contributed by atoms with Crippen LogP contribution >= 0.6 is 35.3 Å². The first-order valence-electron chi connectivity index (χ1n) is 8.15. The van der Waals surface area contributed by atoms with Crippen molar-refractivity contribution in [2.24, 2.45) is 10.7 Å². The summed E-state index contributed by atoms with van der Waals surface area (Å²) in [5.74, 6) is 0.542. The first-order valence-corrected chi connectivity index (χ1v) is 9.02. The van der Waals surface area contributed by atoms with Crippen molar-refractivity contribution >= 4 is 47.0 Å². The molecular weight excluding hydrogens is 431 g/mol. The molecule has 1 aromatic carbocycles. The normalized spacial score (nSPS) is 14.9. The van der Waals surface area contributed by atoms with Crippen molar-refractivity contribution in [2.75, 3.05) is 24.5 Å². The van der Waals surface area contributed by atoms with Crippen LogP contribution in [0.1, 0.15) is 17.4 Å². The van der Waals surface area contributed by atoms with Crippen molar-refractivity contribution in [3.05, 3.63) is 52.2 Å². The van der Waals surface area contributed by atoms with E-state index in [-0.39, 0.29) is 24.0 Å². The van der Waals surface area contributed by atoms with Crippen molar-refractivity contribution in [3.8, 4) is 0 Å². The van der Waals surface area contributed by atoms with E-state index in [9.17, 15) is 0 Å². The summed E-state index contributed by atoms with van der Waals surface area (Å²) in [6.07, 6.45) is 2.11. The molecule has 4 nitrogen and oxygen atoms in total. The number of fused-ring (bicyclic) bond motifs is 1. The number of hydrogen-bond acceptors (Lipinski definition) is 3. The van der Waals surface area contributed by atoms with Crippen molar-refractivity contribution < 1.29 is 0 Å². The van der Waals surface area contributed by atoms with Crippen LogP contribution in [0.25, 0.3) is 0 Å². The summed E-state index contributed by atoms with van der Waals surface area (Å²) < 4.78 is 0. The Hall–Kier alpha value is -1.28. The van der Waals surface area contributed by atoms with Crippen molar-refractivity contribution in [1.29, 1.82) is 0 Å². The van der Waals surface area contributed by atoms with Gasteiger partial charge >= 0.3 is 0 Å². The maximum atomic E-state index is 5.98. The number of para-hydroxylation sites is 1. The van der Waals surface area contributed by atoms with Crippen LogP contribution in [-0.2, 0) is 12.8 Å². The Morgan fingerprint density at radius 1 is 1.33 bits per heavy atom. The van der Waals surface area contributed by atoms with E-state index < -0.39 is 0 Å². The van der Waals surface area contributed by atoms with Gasteiger partial charge in [0.15, 0.2) is 5.96 Å². The standard InChI is InChI=1S/C18H24N4S.HI/c1-14(22-11-9-15-5-2-3-7-17(15)22)13-21-18(19)20-10-8-16-6-4-12-23-16;/h2-7,12,14H,8-11,13H2,1H3,(H3,19,20,21);1H. The van der Waals surface area contributed by atoms with Gasteiger partial charge in [0, 0.05) is 29.7 Å². The van der Waals surface area contributed by atoms with E-state index in [0.717, 1.165) is 25.9 Å². The van der Waals surface area contributed by atoms with Gasteiger partial charge in [-0.1, -0.05) is 24.3 Å². The molecule has 0 amide bonds. The molecule has 24 heavy (non-hydrogen) atoms. The van der Waals surface area contributed by atoms with Crippen molar-refractivity contribution in [1.82, 2.24) is 5.32 Å². The molecule has 1 aromatic heterocycles. The molecule has 2 aromatic rings. The lowest BCUT2D eigenvalue weighted by molar-refractivity contribution is 0.661. The second-order valence-corrected chi connectivity index (χ2v) is 6.94. The molecular formula is C18H25IN4S. The van der Waals surface area contributed by atoms with Crippen molar-refractivity contribution in [2.45, 2.75) is 25.8 Å². The molecule has 0 fully saturated rings. The van der Waals surface area contributed by atoms with Gasteiger partial charge < -0.3 is 16.0 Å². The van der Waals surface area contributed by atoms with Gasteiger partial charge in [0.25, 0.3) is 0 Å². The Bertz CT molecular complexity index is 657. The lowest BCUT2D eigenvalue weighted by atomic mass is 10.2. The zero-order valence-corrected chi connectivity index (χ0v) is 17.1. The summed E-state index contributed by atoms with van der Waals surface area (Å²) in [4.78, 5) is 8.30. The molecule has 3 N–H and O–H groups in total. The fraction of sp³-hybridized carbons (Fsp3) is 0.389. The first kappa shape index (κ1) is 19.1. The minimum absolute atomic E-state index is 0. The minimum atomic E-state index is 0. The average Bonchev–Trinajstić information content (AvgIpc) is 3.22. The summed E-state index contributed by atoms with van der Waals surface area (Å²) >= 11 is 1.78. The van der Waals surface area contributed by atoms with Gasteiger partial charge in [0.1, 0.15) is 0 Å². The topological polar surface area (TPSA) is 53.6 Å². The minimum Gasteiger partial charge on any atom is -0.370 e. The summed E-state index contributed by atoms with van der Waals surface area (Å²) in [6, 6.07) is 13.2. The Labute approximate surface area is 165 Å². The average molecular weight is 456 g/mol. The van der Waals surface area contributed by atoms with Gasteiger partial charge in [0.05, 0.1) is 6.54 Å². The highest BCUT2D eigenvalue weighted by atomic mass is 127. The maximum Gasteiger partial charge on any atom is 0.188 e. The number of hydrogen-bond donors (Lipinski definition) is 2. The third-order valence-corrected chi connectivity index (χ3v) is 5.17. The third-order valence-electron chi connectivity index (χ3n) is 4.24. The Balaban J connectivity index is 0.00000208. The van der Waals surface area contributed by atoms with Crippen molar-refractivity contribution in [3.63, 3.8) is 0 Å². The number of halogens is 1. The van der Waals surface area contributed by atoms with Gasteiger partial charge in [0.2, 0.25) is 0 Å². The quantitative estimate of drug-likeness (QED) is 0.399. The number of aliphatic imine (C=N–C) groups is 1. The number of nitrogens with one attached hydrogen (secondary N) is 1. The second kappa shape index (κ2) is 9.27. The molecule has 0 aliphatic carbocycles. The van der Waals surface area contributed by atoms with Crippen LogP contribution in [0.4, 0.5) is 5.69 Å². The first-order chi connectivity index (χ1) is 11.2. The summed E-state index contributed by atoms with van der Waals surface area (Å²) in [5.41, 5.74) is 8.76. The fourth-order valence-electron chi connectivity index (χ4n) is 2.98. The van der Waals surface area contributed by atoms with Crippen LogP contribution in [0.3, 0.4) is 0 Å². The van der Waals surface area contributed by atoms with E-state index in [1.165, 1.54) is 16.1 Å². The number of nitrogens with two attached hydrogens (primary N) is 1. The van der Waals surface area contributed by atoms with E-state index in [4.69, 9.17) is 5.73 Å². The molecule has 6 heteroatoms. The molecule has 1 unspecified atom stereocenters. The Kier molecular flexibility index (Phi) is 7.36. The Morgan fingerprint density at radius 3 is 2.96 bits per heavy atom. The van der Waals surface area contributed by atoms with E-state index in [1.807, 2.05) is 0 Å². The highest BCUT2D eigenvalue weighted by Crippen LogP contribution is 2.29. The lowest BCUT2D eigenvalue weighted by Gasteiger charge is -2.26. The second-order valence-electron chi connectivity index (χ2n) is 5.90. The number of benzene rings is 1. The molecule has 2 heterocycles. The van der Waals surface area contributed by atoms with Crippen LogP contribution < -0.4 is 16.0 Å². The smallest absolute Gasteiger partial charge is 0.188 e. The lowest BCUT2D eigenvalue weighted by Crippen LogP contribution is -2.37. The molecule has 3 rings (SSSR count). The Morgan fingerprint density at radius 2 is 2.17 bits per heavy atom. The molecule has 0 radical (unpaired) electrons. The summed E-state index contributed by atoms with van der Waals surface area (Å²) in [6.45, 7) is 4.83. The van der Waals surface area contributed by atoms with Gasteiger partial charge in [-0.05, 0) is 42.8 Å². The molecule has 1 atom stereocenters. The summed E-state index contributed by atoms with van der Waals surface area (Å²) in [5, 5.41) is 5.30. The van der Waals surface area contributed by atoms with Crippen LogP contribution in [0.15, 0.2) is 46.8 Å². The van der Waals surface area contributed by atoms with Crippen LogP contribution in [0, 0.1) is 0 Å². The third kappa shape index (κ3) is 4.86. The molecule has 130 valence electrons. The van der Waals surface area contributed by atoms with E-state index in [2.05, 4.69) is 63.9 Å².